The highest BCUT2D eigenvalue weighted by molar-refractivity contribution is 5.99. The lowest BCUT2D eigenvalue weighted by Gasteiger charge is -2.60. The lowest BCUT2D eigenvalue weighted by atomic mass is 9.57. The summed E-state index contributed by atoms with van der Waals surface area (Å²) < 4.78 is 26.3. The van der Waals surface area contributed by atoms with E-state index in [1.54, 1.807) is 24.3 Å². The van der Waals surface area contributed by atoms with Gasteiger partial charge in [0.2, 0.25) is 11.6 Å². The van der Waals surface area contributed by atoms with E-state index in [0.717, 1.165) is 51.4 Å². The number of ketones is 2. The minimum atomic E-state index is -0.850. The van der Waals surface area contributed by atoms with Crippen molar-refractivity contribution in [2.45, 2.75) is 153 Å². The number of ether oxygens (including phenoxy) is 4. The molecule has 0 aromatic heterocycles. The fourth-order valence-corrected chi connectivity index (χ4v) is 11.9. The molecule has 10 heteroatoms. The first-order valence-electron chi connectivity index (χ1n) is 19.4. The fraction of sp³-hybridized carbons (Fsp3) is 0.800. The highest BCUT2D eigenvalue weighted by Gasteiger charge is 2.71. The molecule has 2 unspecified atom stereocenters. The molecule has 1 aromatic rings. The van der Waals surface area contributed by atoms with Crippen molar-refractivity contribution < 1.29 is 48.1 Å². The highest BCUT2D eigenvalue weighted by atomic mass is 17.3. The van der Waals surface area contributed by atoms with Gasteiger partial charge in [-0.2, -0.15) is 0 Å². The van der Waals surface area contributed by atoms with Crippen molar-refractivity contribution >= 4 is 11.6 Å². The summed E-state index contributed by atoms with van der Waals surface area (Å²) in [5.41, 5.74) is -0.149. The second kappa shape index (κ2) is 11.9. The summed E-state index contributed by atoms with van der Waals surface area (Å²) >= 11 is 0. The zero-order valence-electron chi connectivity index (χ0n) is 30.4. The number of hydrogen-bond acceptors (Lipinski definition) is 10. The van der Waals surface area contributed by atoms with Crippen LogP contribution in [0.4, 0.5) is 0 Å². The summed E-state index contributed by atoms with van der Waals surface area (Å²) in [6.45, 7) is 12.8. The zero-order valence-corrected chi connectivity index (χ0v) is 30.4. The molecule has 8 aliphatic heterocycles. The molecule has 8 heterocycles. The molecule has 2 saturated carbocycles. The average molecular weight is 695 g/mol. The Balaban J connectivity index is 0.878. The van der Waals surface area contributed by atoms with E-state index in [-0.39, 0.29) is 72.1 Å². The Bertz CT molecular complexity index is 1400. The van der Waals surface area contributed by atoms with Crippen LogP contribution in [-0.2, 0) is 38.5 Å². The SMILES string of the molecule is C[C@@H]1CC[C@H]2[C@@H](C)C(CC(=O)c3ccc(C(=O)CC4O[C@@H]5O[C@@]6(C)CC[C@H]7[C@H](C)CC[C@@H]([C@H]4C)[C@@]57OO6)cc3)O[C@@H]3O[C@@]4(C)CC[C@@H]1[C@]32OO4. The quantitative estimate of drug-likeness (QED) is 0.222. The van der Waals surface area contributed by atoms with Gasteiger partial charge in [-0.05, 0) is 87.9 Å². The highest BCUT2D eigenvalue weighted by Crippen LogP contribution is 2.62. The van der Waals surface area contributed by atoms with Gasteiger partial charge in [0.25, 0.3) is 0 Å². The van der Waals surface area contributed by atoms with Gasteiger partial charge < -0.3 is 18.9 Å². The molecule has 10 fully saturated rings. The van der Waals surface area contributed by atoms with Gasteiger partial charge in [-0.25, -0.2) is 19.6 Å². The van der Waals surface area contributed by atoms with Crippen LogP contribution in [0.15, 0.2) is 24.3 Å². The Morgan fingerprint density at radius 2 is 0.980 bits per heavy atom. The Hall–Kier alpha value is -1.76. The van der Waals surface area contributed by atoms with Crippen LogP contribution in [0.2, 0.25) is 0 Å². The molecule has 10 nitrogen and oxygen atoms in total. The van der Waals surface area contributed by atoms with E-state index >= 15 is 0 Å². The number of rotatable bonds is 6. The molecule has 50 heavy (non-hydrogen) atoms. The summed E-state index contributed by atoms with van der Waals surface area (Å²) in [4.78, 5) is 51.9. The van der Waals surface area contributed by atoms with Gasteiger partial charge in [0, 0.05) is 48.6 Å². The van der Waals surface area contributed by atoms with Crippen LogP contribution in [0.5, 0.6) is 0 Å². The molecular weight excluding hydrogens is 640 g/mol. The molecule has 4 bridgehead atoms. The molecule has 2 aliphatic carbocycles. The number of Topliss-reactive ketones (excluding diaryl/α,β-unsaturated/α-hetero) is 2. The van der Waals surface area contributed by atoms with Crippen molar-refractivity contribution in [2.24, 2.45) is 47.3 Å². The first-order valence-corrected chi connectivity index (χ1v) is 19.4. The molecule has 0 radical (unpaired) electrons. The third-order valence-electron chi connectivity index (χ3n) is 14.9. The molecule has 274 valence electrons. The van der Waals surface area contributed by atoms with Gasteiger partial charge >= 0.3 is 0 Å². The predicted molar refractivity (Wildman–Crippen MR) is 178 cm³/mol. The second-order valence-corrected chi connectivity index (χ2v) is 17.7. The maximum atomic E-state index is 13.7. The summed E-state index contributed by atoms with van der Waals surface area (Å²) in [7, 11) is 0. The number of fused-ring (bicyclic) bond motifs is 4. The summed E-state index contributed by atoms with van der Waals surface area (Å²) in [6, 6.07) is 7.10. The van der Waals surface area contributed by atoms with Gasteiger partial charge in [-0.1, -0.05) is 52.0 Å². The third kappa shape index (κ3) is 4.95. The lowest BCUT2D eigenvalue weighted by molar-refractivity contribution is -0.571. The van der Waals surface area contributed by atoms with Crippen LogP contribution in [0, 0.1) is 47.3 Å². The molecule has 2 spiro atoms. The minimum Gasteiger partial charge on any atom is -0.345 e. The molecule has 0 amide bonds. The zero-order chi connectivity index (χ0) is 34.8. The van der Waals surface area contributed by atoms with Crippen molar-refractivity contribution in [3.8, 4) is 0 Å². The Labute approximate surface area is 295 Å². The molecule has 1 aromatic carbocycles. The van der Waals surface area contributed by atoms with E-state index in [1.165, 1.54) is 0 Å². The van der Waals surface area contributed by atoms with Crippen molar-refractivity contribution in [2.75, 3.05) is 0 Å². The Morgan fingerprint density at radius 3 is 1.38 bits per heavy atom. The smallest absolute Gasteiger partial charge is 0.201 e. The largest absolute Gasteiger partial charge is 0.345 e. The fourth-order valence-electron chi connectivity index (χ4n) is 11.9. The van der Waals surface area contributed by atoms with E-state index in [1.807, 2.05) is 13.8 Å². The van der Waals surface area contributed by atoms with Crippen LogP contribution in [0.1, 0.15) is 126 Å². The monoisotopic (exact) mass is 694 g/mol. The van der Waals surface area contributed by atoms with E-state index < -0.39 is 35.4 Å². The second-order valence-electron chi connectivity index (χ2n) is 17.7. The molecule has 8 saturated heterocycles. The number of carbonyl (C=O) groups is 2. The Kier molecular flexibility index (Phi) is 8.08. The van der Waals surface area contributed by atoms with Crippen molar-refractivity contribution in [3.05, 3.63) is 35.4 Å². The maximum absolute atomic E-state index is 13.7. The summed E-state index contributed by atoms with van der Waals surface area (Å²) in [6.07, 6.45) is 6.38. The van der Waals surface area contributed by atoms with Crippen molar-refractivity contribution in [1.82, 2.24) is 0 Å². The molecule has 11 rings (SSSR count). The van der Waals surface area contributed by atoms with Gasteiger partial charge in [0.05, 0.1) is 12.2 Å². The average Bonchev–Trinajstić information content (AvgIpc) is 3.47. The van der Waals surface area contributed by atoms with Crippen LogP contribution in [0.25, 0.3) is 0 Å². The maximum Gasteiger partial charge on any atom is 0.201 e. The van der Waals surface area contributed by atoms with Crippen LogP contribution >= 0.6 is 0 Å². The van der Waals surface area contributed by atoms with Gasteiger partial charge in [-0.15, -0.1) is 0 Å². The molecule has 10 aliphatic rings. The van der Waals surface area contributed by atoms with Crippen LogP contribution in [0.3, 0.4) is 0 Å². The van der Waals surface area contributed by atoms with Gasteiger partial charge in [-0.3, -0.25) is 9.59 Å². The number of hydrogen-bond donors (Lipinski definition) is 0. The topological polar surface area (TPSA) is 108 Å². The van der Waals surface area contributed by atoms with Crippen molar-refractivity contribution in [3.63, 3.8) is 0 Å². The van der Waals surface area contributed by atoms with Crippen molar-refractivity contribution in [1.29, 1.82) is 0 Å². The third-order valence-corrected chi connectivity index (χ3v) is 14.9. The normalized spacial score (nSPS) is 52.0. The van der Waals surface area contributed by atoms with Crippen LogP contribution < -0.4 is 0 Å². The van der Waals surface area contributed by atoms with E-state index in [0.29, 0.717) is 23.0 Å². The van der Waals surface area contributed by atoms with E-state index in [2.05, 4.69) is 27.7 Å². The number of benzene rings is 1. The first kappa shape index (κ1) is 34.0. The summed E-state index contributed by atoms with van der Waals surface area (Å²) in [5.74, 6) is 0.342. The predicted octanol–water partition coefficient (Wildman–Crippen LogP) is 7.33. The first-order chi connectivity index (χ1) is 23.9. The van der Waals surface area contributed by atoms with E-state index in [4.69, 9.17) is 38.5 Å². The molecule has 0 N–H and O–H groups in total. The van der Waals surface area contributed by atoms with E-state index in [9.17, 15) is 9.59 Å². The number of carbonyl (C=O) groups excluding carboxylic acids is 2. The minimum absolute atomic E-state index is 0.00779. The standard InChI is InChI=1S/C40H54O10/c1-21-7-13-29-23(3)33(43-35-39(29)27(21)15-17-37(5,45-35)47-49-39)19-31(41)25-9-11-26(12-10-25)32(42)20-34-24(4)30-14-8-22(2)28-16-18-38(6)46-36(44-34)40(28,30)50-48-38/h9-12,21-24,27-30,33-36H,7-8,13-20H2,1-6H3/t21-,22-,23-,24-,27+,28+,29+,30+,33?,34?,35-,36-,37-,38-,39-,40-/m1/s1. The van der Waals surface area contributed by atoms with Gasteiger partial charge in [0.1, 0.15) is 0 Å². The molecular formula is C40H54O10. The lowest BCUT2D eigenvalue weighted by Crippen LogP contribution is -2.70. The molecule has 16 atom stereocenters. The van der Waals surface area contributed by atoms with Gasteiger partial charge in [0.15, 0.2) is 35.3 Å². The Morgan fingerprint density at radius 1 is 0.580 bits per heavy atom. The van der Waals surface area contributed by atoms with Crippen LogP contribution in [-0.4, -0.2) is 59.1 Å². The summed E-state index contributed by atoms with van der Waals surface area (Å²) in [5, 5.41) is 0.